The molecule has 1 atom stereocenters. The fraction of sp³-hybridized carbons (Fsp3) is 0.889. The summed E-state index contributed by atoms with van der Waals surface area (Å²) in [5.74, 6) is -0.332. The minimum absolute atomic E-state index is 0.296. The van der Waals surface area contributed by atoms with Crippen LogP contribution < -0.4 is 0 Å². The van der Waals surface area contributed by atoms with E-state index in [0.29, 0.717) is 26.4 Å². The zero-order chi connectivity index (χ0) is 10.1. The Morgan fingerprint density at radius 3 is 2.46 bits per heavy atom. The van der Waals surface area contributed by atoms with E-state index < -0.39 is 6.10 Å². The third-order valence-corrected chi connectivity index (χ3v) is 1.42. The fourth-order valence-corrected chi connectivity index (χ4v) is 0.781. The molecule has 4 heteroatoms. The summed E-state index contributed by atoms with van der Waals surface area (Å²) < 4.78 is 14.9. The molecule has 0 aliphatic carbocycles. The number of esters is 1. The fourth-order valence-electron chi connectivity index (χ4n) is 0.781. The quantitative estimate of drug-likeness (QED) is 0.443. The number of hydrogen-bond donors (Lipinski definition) is 0. The summed E-state index contributed by atoms with van der Waals surface area (Å²) in [6, 6.07) is 0. The van der Waals surface area contributed by atoms with Gasteiger partial charge in [-0.25, -0.2) is 4.79 Å². The highest BCUT2D eigenvalue weighted by atomic mass is 16.6. The summed E-state index contributed by atoms with van der Waals surface area (Å²) in [7, 11) is 0. The van der Waals surface area contributed by atoms with Crippen LogP contribution in [-0.2, 0) is 19.0 Å². The van der Waals surface area contributed by atoms with Crippen molar-refractivity contribution < 1.29 is 19.0 Å². The molecule has 0 aliphatic rings. The van der Waals surface area contributed by atoms with Crippen LogP contribution in [0.15, 0.2) is 0 Å². The predicted molar refractivity (Wildman–Crippen MR) is 48.5 cm³/mol. The van der Waals surface area contributed by atoms with E-state index in [1.807, 2.05) is 13.8 Å². The Balaban J connectivity index is 3.38. The van der Waals surface area contributed by atoms with E-state index in [0.717, 1.165) is 0 Å². The van der Waals surface area contributed by atoms with Gasteiger partial charge in [-0.3, -0.25) is 0 Å². The SMILES string of the molecule is CCOCCOC(=O)C(C)OCC. The molecule has 0 saturated heterocycles. The predicted octanol–water partition coefficient (Wildman–Crippen LogP) is 0.991. The second-order valence-corrected chi connectivity index (χ2v) is 2.46. The zero-order valence-corrected chi connectivity index (χ0v) is 8.54. The minimum Gasteiger partial charge on any atom is -0.461 e. The molecule has 1 unspecified atom stereocenters. The van der Waals surface area contributed by atoms with Crippen LogP contribution in [0.5, 0.6) is 0 Å². The van der Waals surface area contributed by atoms with E-state index in [2.05, 4.69) is 0 Å². The number of carbonyl (C=O) groups is 1. The molecule has 0 spiro atoms. The van der Waals surface area contributed by atoms with Crippen LogP contribution in [0, 0.1) is 0 Å². The van der Waals surface area contributed by atoms with Crippen molar-refractivity contribution in [1.29, 1.82) is 0 Å². The zero-order valence-electron chi connectivity index (χ0n) is 8.54. The van der Waals surface area contributed by atoms with Gasteiger partial charge in [0, 0.05) is 13.2 Å². The Morgan fingerprint density at radius 2 is 1.92 bits per heavy atom. The Kier molecular flexibility index (Phi) is 7.63. The molecular weight excluding hydrogens is 172 g/mol. The standard InChI is InChI=1S/C9H18O4/c1-4-11-6-7-13-9(10)8(3)12-5-2/h8H,4-7H2,1-3H3. The van der Waals surface area contributed by atoms with Gasteiger partial charge in [0.25, 0.3) is 0 Å². The minimum atomic E-state index is -0.480. The van der Waals surface area contributed by atoms with Gasteiger partial charge < -0.3 is 14.2 Å². The Hall–Kier alpha value is -0.610. The molecular formula is C9H18O4. The third kappa shape index (κ3) is 6.54. The van der Waals surface area contributed by atoms with Crippen LogP contribution in [0.2, 0.25) is 0 Å². The first-order chi connectivity index (χ1) is 6.22. The molecule has 0 bridgehead atoms. The Labute approximate surface area is 79.2 Å². The van der Waals surface area contributed by atoms with Gasteiger partial charge >= 0.3 is 5.97 Å². The van der Waals surface area contributed by atoms with E-state index in [9.17, 15) is 4.79 Å². The molecule has 0 N–H and O–H groups in total. The molecule has 0 amide bonds. The summed E-state index contributed by atoms with van der Waals surface area (Å²) in [5.41, 5.74) is 0. The molecule has 0 heterocycles. The van der Waals surface area contributed by atoms with E-state index in [1.54, 1.807) is 6.92 Å². The maximum Gasteiger partial charge on any atom is 0.335 e. The summed E-state index contributed by atoms with van der Waals surface area (Å²) >= 11 is 0. The lowest BCUT2D eigenvalue weighted by Gasteiger charge is -2.10. The Morgan fingerprint density at radius 1 is 1.23 bits per heavy atom. The highest BCUT2D eigenvalue weighted by molar-refractivity contribution is 5.74. The van der Waals surface area contributed by atoms with Crippen molar-refractivity contribution in [2.24, 2.45) is 0 Å². The molecule has 0 fully saturated rings. The summed E-state index contributed by atoms with van der Waals surface area (Å²) in [5, 5.41) is 0. The first-order valence-corrected chi connectivity index (χ1v) is 4.58. The lowest BCUT2D eigenvalue weighted by Crippen LogP contribution is -2.24. The van der Waals surface area contributed by atoms with Crippen LogP contribution in [0.3, 0.4) is 0 Å². The maximum absolute atomic E-state index is 11.1. The first-order valence-electron chi connectivity index (χ1n) is 4.58. The van der Waals surface area contributed by atoms with Crippen molar-refractivity contribution in [2.45, 2.75) is 26.9 Å². The molecule has 0 aromatic rings. The van der Waals surface area contributed by atoms with Crippen LogP contribution in [0.25, 0.3) is 0 Å². The van der Waals surface area contributed by atoms with Gasteiger partial charge in [-0.1, -0.05) is 0 Å². The molecule has 4 nitrogen and oxygen atoms in total. The van der Waals surface area contributed by atoms with Gasteiger partial charge in [0.05, 0.1) is 6.61 Å². The van der Waals surface area contributed by atoms with Crippen molar-refractivity contribution in [2.75, 3.05) is 26.4 Å². The third-order valence-electron chi connectivity index (χ3n) is 1.42. The largest absolute Gasteiger partial charge is 0.461 e. The van der Waals surface area contributed by atoms with Gasteiger partial charge in [-0.2, -0.15) is 0 Å². The molecule has 0 radical (unpaired) electrons. The molecule has 0 rings (SSSR count). The molecule has 78 valence electrons. The second kappa shape index (κ2) is 8.01. The van der Waals surface area contributed by atoms with Gasteiger partial charge in [-0.15, -0.1) is 0 Å². The van der Waals surface area contributed by atoms with Crippen molar-refractivity contribution in [3.63, 3.8) is 0 Å². The number of rotatable bonds is 7. The number of carbonyl (C=O) groups excluding carboxylic acids is 1. The highest BCUT2D eigenvalue weighted by Gasteiger charge is 2.13. The topological polar surface area (TPSA) is 44.8 Å². The van der Waals surface area contributed by atoms with Gasteiger partial charge in [0.15, 0.2) is 6.10 Å². The van der Waals surface area contributed by atoms with E-state index in [-0.39, 0.29) is 5.97 Å². The number of ether oxygens (including phenoxy) is 3. The normalized spacial score (nSPS) is 12.5. The van der Waals surface area contributed by atoms with Crippen molar-refractivity contribution in [3.05, 3.63) is 0 Å². The highest BCUT2D eigenvalue weighted by Crippen LogP contribution is 1.94. The van der Waals surface area contributed by atoms with Crippen LogP contribution in [0.1, 0.15) is 20.8 Å². The van der Waals surface area contributed by atoms with Crippen molar-refractivity contribution in [3.8, 4) is 0 Å². The van der Waals surface area contributed by atoms with Gasteiger partial charge in [0.1, 0.15) is 6.61 Å². The molecule has 13 heavy (non-hydrogen) atoms. The molecule has 0 aromatic carbocycles. The molecule has 0 aromatic heterocycles. The summed E-state index contributed by atoms with van der Waals surface area (Å²) in [4.78, 5) is 11.1. The summed E-state index contributed by atoms with van der Waals surface area (Å²) in [6.45, 7) is 7.30. The Bertz CT molecular complexity index is 136. The van der Waals surface area contributed by atoms with Crippen LogP contribution in [0.4, 0.5) is 0 Å². The van der Waals surface area contributed by atoms with E-state index in [1.165, 1.54) is 0 Å². The average molecular weight is 190 g/mol. The second-order valence-electron chi connectivity index (χ2n) is 2.46. The lowest BCUT2D eigenvalue weighted by molar-refractivity contribution is -0.157. The van der Waals surface area contributed by atoms with Crippen LogP contribution >= 0.6 is 0 Å². The summed E-state index contributed by atoms with van der Waals surface area (Å²) in [6.07, 6.45) is -0.480. The first kappa shape index (κ1) is 12.4. The smallest absolute Gasteiger partial charge is 0.335 e. The van der Waals surface area contributed by atoms with Crippen LogP contribution in [-0.4, -0.2) is 38.5 Å². The number of hydrogen-bond acceptors (Lipinski definition) is 4. The van der Waals surface area contributed by atoms with Gasteiger partial charge in [0.2, 0.25) is 0 Å². The molecule has 0 aliphatic heterocycles. The van der Waals surface area contributed by atoms with Crippen molar-refractivity contribution >= 4 is 5.97 Å². The maximum atomic E-state index is 11.1. The van der Waals surface area contributed by atoms with E-state index >= 15 is 0 Å². The van der Waals surface area contributed by atoms with Crippen molar-refractivity contribution in [1.82, 2.24) is 0 Å². The van der Waals surface area contributed by atoms with Gasteiger partial charge in [-0.05, 0) is 20.8 Å². The van der Waals surface area contributed by atoms with E-state index in [4.69, 9.17) is 14.2 Å². The lowest BCUT2D eigenvalue weighted by atomic mass is 10.4. The molecule has 0 saturated carbocycles. The monoisotopic (exact) mass is 190 g/mol. The average Bonchev–Trinajstić information content (AvgIpc) is 2.12.